The Balaban J connectivity index is 2.30. The monoisotopic (exact) mass is 251 g/mol. The quantitative estimate of drug-likeness (QED) is 0.747. The van der Waals surface area contributed by atoms with E-state index >= 15 is 0 Å². The zero-order chi connectivity index (χ0) is 13.4. The molecule has 0 saturated heterocycles. The second-order valence-electron chi connectivity index (χ2n) is 4.39. The molecule has 4 heteroatoms. The van der Waals surface area contributed by atoms with E-state index in [1.165, 1.54) is 12.7 Å². The summed E-state index contributed by atoms with van der Waals surface area (Å²) in [6.07, 6.45) is 1.27. The predicted octanol–water partition coefficient (Wildman–Crippen LogP) is 1.56. The first-order valence-corrected chi connectivity index (χ1v) is 6.09. The van der Waals surface area contributed by atoms with Gasteiger partial charge in [0.2, 0.25) is 0 Å². The summed E-state index contributed by atoms with van der Waals surface area (Å²) in [5, 5.41) is 8.95. The second kappa shape index (κ2) is 7.84. The van der Waals surface area contributed by atoms with Gasteiger partial charge in [0, 0.05) is 13.0 Å². The zero-order valence-electron chi connectivity index (χ0n) is 11.1. The highest BCUT2D eigenvalue weighted by Crippen LogP contribution is 2.07. The van der Waals surface area contributed by atoms with Crippen molar-refractivity contribution in [1.82, 2.24) is 4.90 Å². The number of hydrogen-bond acceptors (Lipinski definition) is 4. The number of aliphatic hydroxyl groups is 1. The first-order chi connectivity index (χ1) is 8.65. The summed E-state index contributed by atoms with van der Waals surface area (Å²) in [4.78, 5) is 13.1. The topological polar surface area (TPSA) is 49.8 Å². The molecular formula is C14H21NO3. The van der Waals surface area contributed by atoms with Crippen molar-refractivity contribution < 1.29 is 14.6 Å². The molecule has 100 valence electrons. The number of methoxy groups -OCH3 is 1. The van der Waals surface area contributed by atoms with E-state index in [1.807, 2.05) is 31.3 Å². The molecule has 0 aromatic heterocycles. The molecule has 1 N–H and O–H groups in total. The van der Waals surface area contributed by atoms with Crippen LogP contribution in [0, 0.1) is 0 Å². The van der Waals surface area contributed by atoms with Crippen LogP contribution < -0.4 is 0 Å². The lowest BCUT2D eigenvalue weighted by Gasteiger charge is -2.16. The van der Waals surface area contributed by atoms with E-state index < -0.39 is 0 Å². The molecule has 0 spiro atoms. The molecule has 18 heavy (non-hydrogen) atoms. The molecule has 0 aliphatic rings. The van der Waals surface area contributed by atoms with E-state index in [0.717, 1.165) is 25.1 Å². The van der Waals surface area contributed by atoms with Gasteiger partial charge in [0.05, 0.1) is 13.7 Å². The molecule has 0 heterocycles. The Morgan fingerprint density at radius 2 is 1.89 bits per heavy atom. The van der Waals surface area contributed by atoms with Crippen molar-refractivity contribution in [3.05, 3.63) is 35.4 Å². The van der Waals surface area contributed by atoms with E-state index in [9.17, 15) is 4.79 Å². The number of ether oxygens (including phenoxy) is 1. The normalized spacial score (nSPS) is 10.7. The Kier molecular flexibility index (Phi) is 6.39. The molecule has 0 atom stereocenters. The first kappa shape index (κ1) is 14.7. The molecule has 0 amide bonds. The molecule has 1 rings (SSSR count). The third-order valence-corrected chi connectivity index (χ3v) is 2.81. The number of benzene rings is 1. The number of carbonyl (C=O) groups is 1. The van der Waals surface area contributed by atoms with Gasteiger partial charge in [0.25, 0.3) is 0 Å². The fourth-order valence-electron chi connectivity index (χ4n) is 1.74. The molecular weight excluding hydrogens is 230 g/mol. The summed E-state index contributed by atoms with van der Waals surface area (Å²) < 4.78 is 4.59. The van der Waals surface area contributed by atoms with Crippen LogP contribution in [0.25, 0.3) is 0 Å². The molecule has 0 radical (unpaired) electrons. The van der Waals surface area contributed by atoms with E-state index in [4.69, 9.17) is 5.11 Å². The minimum atomic E-state index is -0.157. The number of rotatable bonds is 7. The van der Waals surface area contributed by atoms with E-state index in [1.54, 1.807) is 0 Å². The van der Waals surface area contributed by atoms with Crippen LogP contribution in [-0.2, 0) is 22.7 Å². The molecule has 0 fully saturated rings. The molecule has 0 aliphatic carbocycles. The summed E-state index contributed by atoms with van der Waals surface area (Å²) in [6.45, 7) is 1.78. The largest absolute Gasteiger partial charge is 0.469 e. The second-order valence-corrected chi connectivity index (χ2v) is 4.39. The van der Waals surface area contributed by atoms with Crippen LogP contribution >= 0.6 is 0 Å². The van der Waals surface area contributed by atoms with Gasteiger partial charge in [-0.25, -0.2) is 0 Å². The van der Waals surface area contributed by atoms with Gasteiger partial charge in [0.1, 0.15) is 0 Å². The predicted molar refractivity (Wildman–Crippen MR) is 69.9 cm³/mol. The highest BCUT2D eigenvalue weighted by molar-refractivity contribution is 5.69. The Bertz CT molecular complexity index is 362. The van der Waals surface area contributed by atoms with Crippen LogP contribution in [0.3, 0.4) is 0 Å². The van der Waals surface area contributed by atoms with Crippen molar-refractivity contribution in [2.24, 2.45) is 0 Å². The van der Waals surface area contributed by atoms with Crippen molar-refractivity contribution in [3.63, 3.8) is 0 Å². The van der Waals surface area contributed by atoms with Crippen LogP contribution in [0.2, 0.25) is 0 Å². The summed E-state index contributed by atoms with van der Waals surface area (Å²) in [5.41, 5.74) is 2.12. The van der Waals surface area contributed by atoms with Crippen molar-refractivity contribution in [1.29, 1.82) is 0 Å². The smallest absolute Gasteiger partial charge is 0.305 e. The number of esters is 1. The molecule has 0 unspecified atom stereocenters. The highest BCUT2D eigenvalue weighted by atomic mass is 16.5. The maximum absolute atomic E-state index is 11.0. The zero-order valence-corrected chi connectivity index (χ0v) is 11.1. The fraction of sp³-hybridized carbons (Fsp3) is 0.500. The third kappa shape index (κ3) is 5.29. The lowest BCUT2D eigenvalue weighted by molar-refractivity contribution is -0.140. The number of carbonyl (C=O) groups excluding carboxylic acids is 1. The van der Waals surface area contributed by atoms with Gasteiger partial charge in [-0.3, -0.25) is 4.79 Å². The summed E-state index contributed by atoms with van der Waals surface area (Å²) in [5.74, 6) is -0.157. The van der Waals surface area contributed by atoms with Crippen molar-refractivity contribution in [2.45, 2.75) is 26.0 Å². The average Bonchev–Trinajstić information content (AvgIpc) is 2.39. The van der Waals surface area contributed by atoms with E-state index in [0.29, 0.717) is 6.42 Å². The van der Waals surface area contributed by atoms with Gasteiger partial charge in [-0.15, -0.1) is 0 Å². The highest BCUT2D eigenvalue weighted by Gasteiger charge is 2.03. The molecule has 4 nitrogen and oxygen atoms in total. The Labute approximate surface area is 108 Å². The van der Waals surface area contributed by atoms with Crippen LogP contribution in [-0.4, -0.2) is 36.7 Å². The summed E-state index contributed by atoms with van der Waals surface area (Å²) in [6, 6.07) is 7.89. The standard InChI is InChI=1S/C14H21NO3/c1-15(9-3-4-14(17)18-2)10-12-5-7-13(11-16)8-6-12/h5-8,16H,3-4,9-11H2,1-2H3. The average molecular weight is 251 g/mol. The third-order valence-electron chi connectivity index (χ3n) is 2.81. The van der Waals surface area contributed by atoms with Crippen LogP contribution in [0.5, 0.6) is 0 Å². The number of aliphatic hydroxyl groups excluding tert-OH is 1. The van der Waals surface area contributed by atoms with Gasteiger partial charge in [-0.2, -0.15) is 0 Å². The Hall–Kier alpha value is -1.39. The maximum atomic E-state index is 11.0. The first-order valence-electron chi connectivity index (χ1n) is 6.09. The van der Waals surface area contributed by atoms with E-state index in [2.05, 4.69) is 9.64 Å². The SMILES string of the molecule is COC(=O)CCCN(C)Cc1ccc(CO)cc1. The van der Waals surface area contributed by atoms with Gasteiger partial charge in [-0.05, 0) is 31.1 Å². The van der Waals surface area contributed by atoms with Gasteiger partial charge in [0.15, 0.2) is 0 Å². The summed E-state index contributed by atoms with van der Waals surface area (Å²) in [7, 11) is 3.44. The van der Waals surface area contributed by atoms with Crippen molar-refractivity contribution in [3.8, 4) is 0 Å². The number of hydrogen-bond donors (Lipinski definition) is 1. The number of nitrogens with zero attached hydrogens (tertiary/aromatic N) is 1. The van der Waals surface area contributed by atoms with Crippen molar-refractivity contribution in [2.75, 3.05) is 20.7 Å². The maximum Gasteiger partial charge on any atom is 0.305 e. The van der Waals surface area contributed by atoms with Crippen LogP contribution in [0.15, 0.2) is 24.3 Å². The van der Waals surface area contributed by atoms with Crippen LogP contribution in [0.1, 0.15) is 24.0 Å². The van der Waals surface area contributed by atoms with Gasteiger partial charge >= 0.3 is 5.97 Å². The lowest BCUT2D eigenvalue weighted by Crippen LogP contribution is -2.20. The minimum Gasteiger partial charge on any atom is -0.469 e. The van der Waals surface area contributed by atoms with Crippen LogP contribution in [0.4, 0.5) is 0 Å². The molecule has 0 saturated carbocycles. The fourth-order valence-corrected chi connectivity index (χ4v) is 1.74. The van der Waals surface area contributed by atoms with E-state index in [-0.39, 0.29) is 12.6 Å². The Morgan fingerprint density at radius 1 is 1.28 bits per heavy atom. The molecule has 1 aromatic carbocycles. The minimum absolute atomic E-state index is 0.0786. The molecule has 1 aromatic rings. The Morgan fingerprint density at radius 3 is 2.44 bits per heavy atom. The lowest BCUT2D eigenvalue weighted by atomic mass is 10.1. The summed E-state index contributed by atoms with van der Waals surface area (Å²) >= 11 is 0. The molecule has 0 bridgehead atoms. The van der Waals surface area contributed by atoms with Gasteiger partial charge in [-0.1, -0.05) is 24.3 Å². The van der Waals surface area contributed by atoms with Crippen molar-refractivity contribution >= 4 is 5.97 Å². The molecule has 0 aliphatic heterocycles. The van der Waals surface area contributed by atoms with Gasteiger partial charge < -0.3 is 14.7 Å².